The summed E-state index contributed by atoms with van der Waals surface area (Å²) in [5, 5.41) is 0. The molecule has 0 heterocycles. The zero-order valence-corrected chi connectivity index (χ0v) is 22.2. The van der Waals surface area contributed by atoms with E-state index in [1.54, 1.807) is 6.08 Å². The van der Waals surface area contributed by atoms with E-state index >= 15 is 0 Å². The van der Waals surface area contributed by atoms with Gasteiger partial charge in [0, 0.05) is 5.57 Å². The molecular formula is C30H53F. The molecule has 31 heavy (non-hydrogen) atoms. The lowest BCUT2D eigenvalue weighted by Crippen LogP contribution is -2.10. The van der Waals surface area contributed by atoms with Gasteiger partial charge in [-0.25, -0.2) is 4.39 Å². The molecule has 0 fully saturated rings. The van der Waals surface area contributed by atoms with Crippen molar-refractivity contribution < 1.29 is 4.39 Å². The average molecular weight is 433 g/mol. The minimum absolute atomic E-state index is 0.235. The lowest BCUT2D eigenvalue weighted by molar-refractivity contribution is 0.318. The largest absolute Gasteiger partial charge is 0.206 e. The van der Waals surface area contributed by atoms with Crippen LogP contribution in [-0.4, -0.2) is 0 Å². The fraction of sp³-hybridized carbons (Fsp3) is 0.733. The summed E-state index contributed by atoms with van der Waals surface area (Å²) < 4.78 is 14.8. The maximum Gasteiger partial charge on any atom is 0.130 e. The van der Waals surface area contributed by atoms with Gasteiger partial charge in [0.25, 0.3) is 0 Å². The SMILES string of the molecule is C=C(/C(C)=C/CC(C)C(C)CCCC)/C(F)=C\C(=C)C(C)CCC(C)C(C)CCCC. The highest BCUT2D eigenvalue weighted by Crippen LogP contribution is 2.29. The number of allylic oxidation sites excluding steroid dienone is 6. The molecule has 0 N–H and O–H groups in total. The Morgan fingerprint density at radius 2 is 1.26 bits per heavy atom. The first-order valence-corrected chi connectivity index (χ1v) is 13.0. The van der Waals surface area contributed by atoms with Crippen LogP contribution in [0.15, 0.2) is 47.9 Å². The average Bonchev–Trinajstić information content (AvgIpc) is 2.76. The number of halogens is 1. The molecule has 0 radical (unpaired) electrons. The van der Waals surface area contributed by atoms with E-state index in [9.17, 15) is 4.39 Å². The van der Waals surface area contributed by atoms with E-state index in [4.69, 9.17) is 0 Å². The molecule has 5 unspecified atom stereocenters. The van der Waals surface area contributed by atoms with Crippen molar-refractivity contribution in [2.75, 3.05) is 0 Å². The van der Waals surface area contributed by atoms with Gasteiger partial charge in [-0.05, 0) is 73.0 Å². The molecule has 0 aliphatic heterocycles. The van der Waals surface area contributed by atoms with Crippen molar-refractivity contribution in [1.82, 2.24) is 0 Å². The molecule has 0 rings (SSSR count). The van der Waals surface area contributed by atoms with E-state index in [1.807, 2.05) is 6.92 Å². The normalized spacial score (nSPS) is 17.7. The van der Waals surface area contributed by atoms with E-state index < -0.39 is 0 Å². The predicted molar refractivity (Wildman–Crippen MR) is 140 cm³/mol. The van der Waals surface area contributed by atoms with Gasteiger partial charge in [0.2, 0.25) is 0 Å². The van der Waals surface area contributed by atoms with Crippen LogP contribution in [0.3, 0.4) is 0 Å². The fourth-order valence-electron chi connectivity index (χ4n) is 3.90. The first-order chi connectivity index (χ1) is 14.5. The van der Waals surface area contributed by atoms with Crippen LogP contribution in [0.4, 0.5) is 4.39 Å². The standard InChI is InChI=1S/C30H53F/c1-11-13-15-22(3)24(5)17-18-26(7)28(9)21-30(31)29(10)27(8)20-19-25(6)23(4)16-14-12-2/h20-26H,9-19H2,1-8H3/b27-20+,30-21+. The summed E-state index contributed by atoms with van der Waals surface area (Å²) in [5.74, 6) is 2.83. The van der Waals surface area contributed by atoms with Crippen LogP contribution in [0.2, 0.25) is 0 Å². The van der Waals surface area contributed by atoms with Gasteiger partial charge in [0.05, 0.1) is 0 Å². The van der Waals surface area contributed by atoms with E-state index in [0.29, 0.717) is 29.2 Å². The van der Waals surface area contributed by atoms with Crippen LogP contribution in [0.25, 0.3) is 0 Å². The van der Waals surface area contributed by atoms with Crippen molar-refractivity contribution >= 4 is 0 Å². The number of hydrogen-bond acceptors (Lipinski definition) is 0. The second-order valence-corrected chi connectivity index (χ2v) is 10.3. The molecule has 180 valence electrons. The highest BCUT2D eigenvalue weighted by Gasteiger charge is 2.15. The second-order valence-electron chi connectivity index (χ2n) is 10.3. The minimum Gasteiger partial charge on any atom is -0.206 e. The Bertz CT molecular complexity index is 579. The van der Waals surface area contributed by atoms with E-state index in [0.717, 1.165) is 29.9 Å². The van der Waals surface area contributed by atoms with Crippen LogP contribution in [0.1, 0.15) is 113 Å². The van der Waals surface area contributed by atoms with Crippen molar-refractivity contribution in [3.8, 4) is 0 Å². The Balaban J connectivity index is 4.70. The van der Waals surface area contributed by atoms with Gasteiger partial charge in [-0.3, -0.25) is 0 Å². The Kier molecular flexibility index (Phi) is 15.9. The van der Waals surface area contributed by atoms with Crippen molar-refractivity contribution in [3.05, 3.63) is 47.9 Å². The summed E-state index contributed by atoms with van der Waals surface area (Å²) in [5.41, 5.74) is 2.33. The minimum atomic E-state index is -0.235. The first kappa shape index (κ1) is 29.9. The lowest BCUT2D eigenvalue weighted by atomic mass is 9.84. The van der Waals surface area contributed by atoms with Gasteiger partial charge in [-0.2, -0.15) is 0 Å². The molecule has 0 bridgehead atoms. The summed E-state index contributed by atoms with van der Waals surface area (Å²) >= 11 is 0. The van der Waals surface area contributed by atoms with Crippen molar-refractivity contribution in [3.63, 3.8) is 0 Å². The van der Waals surface area contributed by atoms with Gasteiger partial charge >= 0.3 is 0 Å². The molecular weight excluding hydrogens is 379 g/mol. The third kappa shape index (κ3) is 12.5. The Hall–Kier alpha value is -1.11. The second kappa shape index (κ2) is 16.5. The highest BCUT2D eigenvalue weighted by molar-refractivity contribution is 5.43. The van der Waals surface area contributed by atoms with Crippen LogP contribution >= 0.6 is 0 Å². The van der Waals surface area contributed by atoms with Crippen LogP contribution in [-0.2, 0) is 0 Å². The molecule has 0 saturated carbocycles. The van der Waals surface area contributed by atoms with Gasteiger partial charge in [-0.1, -0.05) is 106 Å². The summed E-state index contributed by atoms with van der Waals surface area (Å²) in [6.07, 6.45) is 14.7. The maximum atomic E-state index is 14.8. The fourth-order valence-corrected chi connectivity index (χ4v) is 3.90. The summed E-state index contributed by atoms with van der Waals surface area (Å²) in [6.45, 7) is 26.2. The molecule has 0 saturated heterocycles. The van der Waals surface area contributed by atoms with E-state index in [-0.39, 0.29) is 5.83 Å². The van der Waals surface area contributed by atoms with Crippen molar-refractivity contribution in [2.45, 2.75) is 113 Å². The zero-order chi connectivity index (χ0) is 24.0. The van der Waals surface area contributed by atoms with Crippen LogP contribution in [0.5, 0.6) is 0 Å². The number of rotatable bonds is 17. The Labute approximate surface area is 195 Å². The van der Waals surface area contributed by atoms with Crippen LogP contribution in [0, 0.1) is 29.6 Å². The summed E-state index contributed by atoms with van der Waals surface area (Å²) in [7, 11) is 0. The van der Waals surface area contributed by atoms with E-state index in [2.05, 4.69) is 67.7 Å². The van der Waals surface area contributed by atoms with Crippen molar-refractivity contribution in [2.24, 2.45) is 29.6 Å². The first-order valence-electron chi connectivity index (χ1n) is 13.0. The summed E-state index contributed by atoms with van der Waals surface area (Å²) in [4.78, 5) is 0. The molecule has 0 aromatic rings. The molecule has 5 atom stereocenters. The van der Waals surface area contributed by atoms with Crippen LogP contribution < -0.4 is 0 Å². The third-order valence-corrected chi connectivity index (χ3v) is 7.53. The summed E-state index contributed by atoms with van der Waals surface area (Å²) in [6, 6.07) is 0. The molecule has 0 aliphatic carbocycles. The van der Waals surface area contributed by atoms with Gasteiger partial charge in [-0.15, -0.1) is 0 Å². The van der Waals surface area contributed by atoms with Gasteiger partial charge in [0.1, 0.15) is 5.83 Å². The van der Waals surface area contributed by atoms with Gasteiger partial charge in [0.15, 0.2) is 0 Å². The number of hydrogen-bond donors (Lipinski definition) is 0. The maximum absolute atomic E-state index is 14.8. The molecule has 0 amide bonds. The number of unbranched alkanes of at least 4 members (excludes halogenated alkanes) is 2. The zero-order valence-electron chi connectivity index (χ0n) is 22.2. The molecule has 0 aromatic carbocycles. The third-order valence-electron chi connectivity index (χ3n) is 7.53. The quantitative estimate of drug-likeness (QED) is 0.200. The molecule has 0 spiro atoms. The predicted octanol–water partition coefficient (Wildman–Crippen LogP) is 10.6. The molecule has 0 nitrogen and oxygen atoms in total. The molecule has 0 aromatic heterocycles. The van der Waals surface area contributed by atoms with E-state index in [1.165, 1.54) is 44.9 Å². The Morgan fingerprint density at radius 3 is 1.77 bits per heavy atom. The Morgan fingerprint density at radius 1 is 0.774 bits per heavy atom. The van der Waals surface area contributed by atoms with Crippen molar-refractivity contribution in [1.29, 1.82) is 0 Å². The van der Waals surface area contributed by atoms with Gasteiger partial charge < -0.3 is 0 Å². The molecule has 1 heteroatoms. The monoisotopic (exact) mass is 432 g/mol. The topological polar surface area (TPSA) is 0 Å². The smallest absolute Gasteiger partial charge is 0.130 e. The highest BCUT2D eigenvalue weighted by atomic mass is 19.1. The molecule has 0 aliphatic rings. The lowest BCUT2D eigenvalue weighted by Gasteiger charge is -2.22.